The Balaban J connectivity index is 0.00000341. The predicted molar refractivity (Wildman–Crippen MR) is 137 cm³/mol. The van der Waals surface area contributed by atoms with Gasteiger partial charge in [-0.2, -0.15) is 0 Å². The van der Waals surface area contributed by atoms with Gasteiger partial charge in [0.15, 0.2) is 5.96 Å². The molecule has 1 aromatic carbocycles. The average Bonchev–Trinajstić information content (AvgIpc) is 3.41. The molecule has 0 spiro atoms. The third-order valence-corrected chi connectivity index (χ3v) is 6.55. The lowest BCUT2D eigenvalue weighted by molar-refractivity contribution is -0.131. The molecule has 0 bridgehead atoms. The first-order valence-corrected chi connectivity index (χ1v) is 11.5. The number of nitrogens with zero attached hydrogens (tertiary/aromatic N) is 2. The van der Waals surface area contributed by atoms with E-state index in [0.29, 0.717) is 11.8 Å². The van der Waals surface area contributed by atoms with Crippen LogP contribution in [0.1, 0.15) is 63.0 Å². The summed E-state index contributed by atoms with van der Waals surface area (Å²) in [4.78, 5) is 18.9. The highest BCUT2D eigenvalue weighted by atomic mass is 127. The lowest BCUT2D eigenvalue weighted by atomic mass is 9.83. The molecule has 1 fully saturated rings. The Kier molecular flexibility index (Phi) is 11.1. The van der Waals surface area contributed by atoms with Gasteiger partial charge >= 0.3 is 0 Å². The molecule has 7 heteroatoms. The Hall–Kier alpha value is -1.35. The first-order chi connectivity index (χ1) is 14.7. The highest BCUT2D eigenvalue weighted by molar-refractivity contribution is 14.0. The molecule has 1 aliphatic carbocycles. The van der Waals surface area contributed by atoms with Crippen LogP contribution in [0.4, 0.5) is 0 Å². The summed E-state index contributed by atoms with van der Waals surface area (Å²) in [6.45, 7) is 6.86. The number of hydrogen-bond acceptors (Lipinski definition) is 3. The molecular weight excluding hydrogens is 503 g/mol. The number of carbonyl (C=O) groups is 1. The summed E-state index contributed by atoms with van der Waals surface area (Å²) in [6.07, 6.45) is 7.62. The van der Waals surface area contributed by atoms with Gasteiger partial charge in [-0.3, -0.25) is 9.79 Å². The van der Waals surface area contributed by atoms with Crippen molar-refractivity contribution in [3.8, 4) is 0 Å². The largest absolute Gasteiger partial charge is 0.382 e. The van der Waals surface area contributed by atoms with E-state index in [-0.39, 0.29) is 29.9 Å². The number of fused-ring (bicyclic) bond motifs is 1. The number of rotatable bonds is 10. The Morgan fingerprint density at radius 3 is 2.45 bits per heavy atom. The van der Waals surface area contributed by atoms with E-state index >= 15 is 0 Å². The molecule has 2 N–H and O–H groups in total. The van der Waals surface area contributed by atoms with E-state index in [1.165, 1.54) is 36.8 Å². The van der Waals surface area contributed by atoms with Crippen LogP contribution in [0.2, 0.25) is 0 Å². The Morgan fingerprint density at radius 1 is 1.16 bits per heavy atom. The maximum atomic E-state index is 12.5. The Bertz CT molecular complexity index is 694. The number of amides is 1. The molecular formula is C24H39IN4O2. The van der Waals surface area contributed by atoms with Gasteiger partial charge in [0.2, 0.25) is 5.91 Å². The maximum absolute atomic E-state index is 12.5. The van der Waals surface area contributed by atoms with E-state index in [9.17, 15) is 4.79 Å². The number of ether oxygens (including phenoxy) is 1. The SMILES string of the molecule is CCOCCC1(CNC(=NC)NCCCC(=O)N2Cc3ccccc3C2)CCCC1.I. The van der Waals surface area contributed by atoms with Gasteiger partial charge in [0.1, 0.15) is 0 Å². The molecule has 1 amide bonds. The fraction of sp³-hybridized carbons (Fsp3) is 0.667. The monoisotopic (exact) mass is 542 g/mol. The molecule has 0 aromatic heterocycles. The van der Waals surface area contributed by atoms with Crippen LogP contribution < -0.4 is 10.6 Å². The van der Waals surface area contributed by atoms with Crippen molar-refractivity contribution < 1.29 is 9.53 Å². The van der Waals surface area contributed by atoms with Gasteiger partial charge < -0.3 is 20.3 Å². The molecule has 3 rings (SSSR count). The van der Waals surface area contributed by atoms with Gasteiger partial charge in [0.25, 0.3) is 0 Å². The molecule has 1 saturated carbocycles. The molecule has 174 valence electrons. The molecule has 0 radical (unpaired) electrons. The summed E-state index contributed by atoms with van der Waals surface area (Å²) < 4.78 is 5.61. The summed E-state index contributed by atoms with van der Waals surface area (Å²) >= 11 is 0. The fourth-order valence-electron chi connectivity index (χ4n) is 4.68. The highest BCUT2D eigenvalue weighted by Crippen LogP contribution is 2.40. The second kappa shape index (κ2) is 13.3. The highest BCUT2D eigenvalue weighted by Gasteiger charge is 2.33. The summed E-state index contributed by atoms with van der Waals surface area (Å²) in [5.41, 5.74) is 2.88. The number of hydrogen-bond donors (Lipinski definition) is 2. The van der Waals surface area contributed by atoms with Crippen molar-refractivity contribution >= 4 is 35.8 Å². The van der Waals surface area contributed by atoms with Gasteiger partial charge in [-0.1, -0.05) is 37.1 Å². The van der Waals surface area contributed by atoms with Crippen molar-refractivity contribution in [2.75, 3.05) is 33.4 Å². The lowest BCUT2D eigenvalue weighted by Crippen LogP contribution is -2.43. The molecule has 2 aliphatic rings. The molecule has 1 heterocycles. The predicted octanol–water partition coefficient (Wildman–Crippen LogP) is 4.08. The van der Waals surface area contributed by atoms with Crippen LogP contribution in [0.3, 0.4) is 0 Å². The van der Waals surface area contributed by atoms with Crippen LogP contribution in [0.15, 0.2) is 29.3 Å². The van der Waals surface area contributed by atoms with Crippen LogP contribution >= 0.6 is 24.0 Å². The van der Waals surface area contributed by atoms with E-state index in [1.807, 2.05) is 24.1 Å². The topological polar surface area (TPSA) is 66.0 Å². The first-order valence-electron chi connectivity index (χ1n) is 11.5. The van der Waals surface area contributed by atoms with E-state index in [0.717, 1.165) is 58.2 Å². The molecule has 0 unspecified atom stereocenters. The van der Waals surface area contributed by atoms with E-state index < -0.39 is 0 Å². The minimum Gasteiger partial charge on any atom is -0.382 e. The summed E-state index contributed by atoms with van der Waals surface area (Å²) in [5, 5.41) is 6.90. The van der Waals surface area contributed by atoms with E-state index in [1.54, 1.807) is 0 Å². The molecule has 6 nitrogen and oxygen atoms in total. The molecule has 31 heavy (non-hydrogen) atoms. The van der Waals surface area contributed by atoms with Gasteiger partial charge in [0.05, 0.1) is 0 Å². The van der Waals surface area contributed by atoms with Crippen LogP contribution in [0.5, 0.6) is 0 Å². The average molecular weight is 543 g/mol. The molecule has 1 aliphatic heterocycles. The minimum absolute atomic E-state index is 0. The second-order valence-electron chi connectivity index (χ2n) is 8.63. The van der Waals surface area contributed by atoms with Crippen LogP contribution in [-0.2, 0) is 22.6 Å². The number of benzene rings is 1. The third kappa shape index (κ3) is 7.63. The minimum atomic E-state index is 0. The van der Waals surface area contributed by atoms with Crippen LogP contribution in [-0.4, -0.2) is 50.1 Å². The van der Waals surface area contributed by atoms with Crippen LogP contribution in [0, 0.1) is 5.41 Å². The number of guanidine groups is 1. The zero-order chi connectivity index (χ0) is 21.2. The third-order valence-electron chi connectivity index (χ3n) is 6.55. The molecule has 1 aromatic rings. The van der Waals surface area contributed by atoms with E-state index in [2.05, 4.69) is 34.7 Å². The summed E-state index contributed by atoms with van der Waals surface area (Å²) in [7, 11) is 1.81. The standard InChI is InChI=1S/C24H38N4O2.HI/c1-3-30-16-14-24(12-6-7-13-24)19-27-23(25-2)26-15-8-11-22(29)28-17-20-9-4-5-10-21(20)18-28;/h4-5,9-10H,3,6-8,11-19H2,1-2H3,(H2,25,26,27);1H. The van der Waals surface area contributed by atoms with Crippen molar-refractivity contribution in [3.63, 3.8) is 0 Å². The number of halogens is 1. The number of nitrogens with one attached hydrogen (secondary N) is 2. The quantitative estimate of drug-likeness (QED) is 0.203. The van der Waals surface area contributed by atoms with Crippen molar-refractivity contribution in [3.05, 3.63) is 35.4 Å². The van der Waals surface area contributed by atoms with Crippen molar-refractivity contribution in [2.45, 2.75) is 65.0 Å². The number of aliphatic imine (C=N–C) groups is 1. The Labute approximate surface area is 204 Å². The Morgan fingerprint density at radius 2 is 1.84 bits per heavy atom. The zero-order valence-electron chi connectivity index (χ0n) is 19.1. The van der Waals surface area contributed by atoms with E-state index in [4.69, 9.17) is 4.74 Å². The van der Waals surface area contributed by atoms with Crippen LogP contribution in [0.25, 0.3) is 0 Å². The van der Waals surface area contributed by atoms with Gasteiger partial charge in [0, 0.05) is 52.9 Å². The van der Waals surface area contributed by atoms with Gasteiger partial charge in [-0.25, -0.2) is 0 Å². The van der Waals surface area contributed by atoms with Gasteiger partial charge in [-0.15, -0.1) is 24.0 Å². The normalized spacial score (nSPS) is 17.2. The fourth-order valence-corrected chi connectivity index (χ4v) is 4.68. The van der Waals surface area contributed by atoms with Crippen molar-refractivity contribution in [1.29, 1.82) is 0 Å². The maximum Gasteiger partial charge on any atom is 0.223 e. The molecule has 0 atom stereocenters. The smallest absolute Gasteiger partial charge is 0.223 e. The second-order valence-corrected chi connectivity index (χ2v) is 8.63. The zero-order valence-corrected chi connectivity index (χ0v) is 21.5. The van der Waals surface area contributed by atoms with Crippen molar-refractivity contribution in [2.24, 2.45) is 10.4 Å². The first kappa shape index (κ1) is 25.9. The lowest BCUT2D eigenvalue weighted by Gasteiger charge is -2.30. The van der Waals surface area contributed by atoms with Crippen molar-refractivity contribution in [1.82, 2.24) is 15.5 Å². The van der Waals surface area contributed by atoms with Gasteiger partial charge in [-0.05, 0) is 49.1 Å². The summed E-state index contributed by atoms with van der Waals surface area (Å²) in [5.74, 6) is 1.07. The molecule has 0 saturated heterocycles. The summed E-state index contributed by atoms with van der Waals surface area (Å²) in [6, 6.07) is 8.32. The number of carbonyl (C=O) groups excluding carboxylic acids is 1.